The number of aryl methyl sites for hydroxylation is 1. The van der Waals surface area contributed by atoms with Crippen LogP contribution in [0.4, 0.5) is 0 Å². The third-order valence-electron chi connectivity index (χ3n) is 12.8. The molecule has 2 saturated carbocycles. The van der Waals surface area contributed by atoms with Crippen molar-refractivity contribution in [2.45, 2.75) is 103 Å². The molecule has 1 saturated heterocycles. The van der Waals surface area contributed by atoms with E-state index in [1.54, 1.807) is 0 Å². The third-order valence-corrected chi connectivity index (χ3v) is 12.8. The van der Waals surface area contributed by atoms with Crippen LogP contribution in [0.15, 0.2) is 54.7 Å². The van der Waals surface area contributed by atoms with Crippen molar-refractivity contribution in [1.29, 1.82) is 0 Å². The van der Waals surface area contributed by atoms with E-state index in [-0.39, 0.29) is 23.6 Å². The molecule has 45 heavy (non-hydrogen) atoms. The van der Waals surface area contributed by atoms with Crippen molar-refractivity contribution in [3.05, 3.63) is 71.3 Å². The summed E-state index contributed by atoms with van der Waals surface area (Å²) in [5.41, 5.74) is 5.27. The van der Waals surface area contributed by atoms with E-state index in [4.69, 9.17) is 15.2 Å². The molecule has 7 rings (SSSR count). The van der Waals surface area contributed by atoms with E-state index < -0.39 is 22.5 Å². The van der Waals surface area contributed by atoms with Crippen molar-refractivity contribution in [1.82, 2.24) is 0 Å². The Morgan fingerprint density at radius 2 is 1.98 bits per heavy atom. The smallest absolute Gasteiger partial charge is 0.339 e. The fourth-order valence-corrected chi connectivity index (χ4v) is 10.7. The lowest BCUT2D eigenvalue weighted by Crippen LogP contribution is -2.78. The molecule has 1 spiro atoms. The minimum Gasteiger partial charge on any atom is -0.453 e. The molecule has 6 heteroatoms. The summed E-state index contributed by atoms with van der Waals surface area (Å²) in [6.45, 7) is 4.89. The Hall–Kier alpha value is -2.99. The highest BCUT2D eigenvalue weighted by Crippen LogP contribution is 2.83. The Bertz CT molecular complexity index is 1460. The van der Waals surface area contributed by atoms with Gasteiger partial charge in [-0.25, -0.2) is 4.79 Å². The number of fused-ring (bicyclic) bond motifs is 3. The average molecular weight is 612 g/mol. The Morgan fingerprint density at radius 3 is 2.80 bits per heavy atom. The number of hydrogen-bond acceptors (Lipinski definition) is 6. The number of benzene rings is 1. The highest BCUT2D eigenvalue weighted by atomic mass is 16.6. The molecule has 6 nitrogen and oxygen atoms in total. The summed E-state index contributed by atoms with van der Waals surface area (Å²) in [4.78, 5) is 42.5. The van der Waals surface area contributed by atoms with E-state index in [2.05, 4.69) is 44.2 Å². The molecule has 0 aromatic heterocycles. The maximum Gasteiger partial charge on any atom is 0.339 e. The van der Waals surface area contributed by atoms with Crippen LogP contribution in [0.1, 0.15) is 106 Å². The zero-order chi connectivity index (χ0) is 31.4. The van der Waals surface area contributed by atoms with Crippen LogP contribution in [0.25, 0.3) is 0 Å². The van der Waals surface area contributed by atoms with Gasteiger partial charge in [0.1, 0.15) is 5.41 Å². The average Bonchev–Trinajstić information content (AvgIpc) is 3.52. The molecule has 0 bridgehead atoms. The SMILES string of the molecule is CCC(C)CC1C23C=CCCC2(C(C(=O)CCCC2CCCC4C=CC=CC42)OC3=O)C12OC(=O)c1c(CCCN)cccc12. The summed E-state index contributed by atoms with van der Waals surface area (Å²) in [5, 5.41) is 0. The number of nitrogens with two attached hydrogens (primary N) is 1. The molecule has 4 aliphatic carbocycles. The second kappa shape index (κ2) is 11.7. The number of esters is 2. The van der Waals surface area contributed by atoms with E-state index in [0.717, 1.165) is 36.8 Å². The number of cyclic esters (lactones) is 1. The molecule has 2 aliphatic heterocycles. The van der Waals surface area contributed by atoms with Crippen molar-refractivity contribution in [3.63, 3.8) is 0 Å². The maximum atomic E-state index is 14.4. The lowest BCUT2D eigenvalue weighted by atomic mass is 9.30. The van der Waals surface area contributed by atoms with Crippen molar-refractivity contribution in [3.8, 4) is 0 Å². The molecule has 6 aliphatic rings. The second-order valence-electron chi connectivity index (χ2n) is 14.8. The molecule has 2 heterocycles. The maximum absolute atomic E-state index is 14.4. The van der Waals surface area contributed by atoms with E-state index in [9.17, 15) is 14.4 Å². The summed E-state index contributed by atoms with van der Waals surface area (Å²) in [5.74, 6) is 1.09. The van der Waals surface area contributed by atoms with Crippen LogP contribution < -0.4 is 5.73 Å². The van der Waals surface area contributed by atoms with Gasteiger partial charge in [-0.2, -0.15) is 0 Å². The van der Waals surface area contributed by atoms with E-state index in [0.29, 0.717) is 67.9 Å². The van der Waals surface area contributed by atoms with Crippen molar-refractivity contribution in [2.24, 2.45) is 46.2 Å². The molecular formula is C39H49NO5. The van der Waals surface area contributed by atoms with Crippen LogP contribution in [-0.2, 0) is 31.1 Å². The first kappa shape index (κ1) is 30.7. The minimum absolute atomic E-state index is 0.0166. The number of ketones is 1. The molecule has 0 radical (unpaired) electrons. The Labute approximate surface area is 267 Å². The number of carbonyl (C=O) groups is 3. The summed E-state index contributed by atoms with van der Waals surface area (Å²) >= 11 is 0. The van der Waals surface area contributed by atoms with Crippen LogP contribution in [0.3, 0.4) is 0 Å². The predicted molar refractivity (Wildman–Crippen MR) is 173 cm³/mol. The fourth-order valence-electron chi connectivity index (χ4n) is 10.7. The number of Topliss-reactive ketones (excluding diaryl/α,β-unsaturated/α-hetero) is 1. The van der Waals surface area contributed by atoms with Gasteiger partial charge in [0.05, 0.1) is 11.0 Å². The highest BCUT2D eigenvalue weighted by Gasteiger charge is 2.92. The standard InChI is InChI=1S/C39H49NO5/c1-3-25(2)24-32-37-21-6-7-22-38(37,39(32)30-19-9-16-28(17-11-23-40)33(30)35(42)45-39)34(44-36(37)43)31(41)20-10-15-27-14-8-13-26-12-4-5-18-29(26)27/h4-6,9,12,16,18-19,21,25-27,29,32,34H,3,7-8,10-11,13-15,17,20,22-24,40H2,1-2H3. The van der Waals surface area contributed by atoms with E-state index in [1.807, 2.05) is 24.3 Å². The van der Waals surface area contributed by atoms with E-state index in [1.165, 1.54) is 19.3 Å². The topological polar surface area (TPSA) is 95.7 Å². The molecule has 3 fully saturated rings. The summed E-state index contributed by atoms with van der Waals surface area (Å²) in [7, 11) is 0. The lowest BCUT2D eigenvalue weighted by molar-refractivity contribution is -0.293. The molecule has 1 aromatic rings. The van der Waals surface area contributed by atoms with Gasteiger partial charge in [-0.05, 0) is 93.6 Å². The summed E-state index contributed by atoms with van der Waals surface area (Å²) < 4.78 is 13.0. The van der Waals surface area contributed by atoms with Crippen molar-refractivity contribution >= 4 is 17.7 Å². The normalized spacial score (nSPS) is 37.7. The summed E-state index contributed by atoms with van der Waals surface area (Å²) in [6, 6.07) is 6.02. The number of hydrogen-bond donors (Lipinski definition) is 1. The monoisotopic (exact) mass is 611 g/mol. The molecule has 2 N–H and O–H groups in total. The Morgan fingerprint density at radius 1 is 1.13 bits per heavy atom. The zero-order valence-corrected chi connectivity index (χ0v) is 27.0. The lowest BCUT2D eigenvalue weighted by Gasteiger charge is -2.70. The quantitative estimate of drug-likeness (QED) is 0.211. The van der Waals surface area contributed by atoms with Gasteiger partial charge in [0.2, 0.25) is 0 Å². The van der Waals surface area contributed by atoms with Gasteiger partial charge in [0, 0.05) is 17.9 Å². The van der Waals surface area contributed by atoms with Gasteiger partial charge >= 0.3 is 11.9 Å². The van der Waals surface area contributed by atoms with Gasteiger partial charge in [0.25, 0.3) is 0 Å². The second-order valence-corrected chi connectivity index (χ2v) is 14.8. The molecular weight excluding hydrogens is 562 g/mol. The van der Waals surface area contributed by atoms with Gasteiger partial charge in [-0.3, -0.25) is 9.59 Å². The Kier molecular flexibility index (Phi) is 7.95. The van der Waals surface area contributed by atoms with Crippen LogP contribution in [0.5, 0.6) is 0 Å². The van der Waals surface area contributed by atoms with Crippen molar-refractivity contribution < 1.29 is 23.9 Å². The minimum atomic E-state index is -1.07. The predicted octanol–water partition coefficient (Wildman–Crippen LogP) is 7.16. The fraction of sp³-hybridized carbons (Fsp3) is 0.615. The van der Waals surface area contributed by atoms with Crippen LogP contribution in [0, 0.1) is 40.4 Å². The number of allylic oxidation sites excluding steroid dienone is 5. The zero-order valence-electron chi connectivity index (χ0n) is 27.0. The van der Waals surface area contributed by atoms with Crippen LogP contribution in [0.2, 0.25) is 0 Å². The van der Waals surface area contributed by atoms with Gasteiger partial charge < -0.3 is 15.2 Å². The van der Waals surface area contributed by atoms with Crippen molar-refractivity contribution in [2.75, 3.05) is 6.54 Å². The van der Waals surface area contributed by atoms with Crippen LogP contribution in [-0.4, -0.2) is 30.4 Å². The first-order valence-corrected chi connectivity index (χ1v) is 17.7. The number of carbonyl (C=O) groups excluding carboxylic acids is 3. The van der Waals surface area contributed by atoms with Gasteiger partial charge in [-0.1, -0.05) is 81.3 Å². The van der Waals surface area contributed by atoms with Gasteiger partial charge in [0.15, 0.2) is 17.5 Å². The highest BCUT2D eigenvalue weighted by molar-refractivity contribution is 6.01. The molecule has 0 amide bonds. The van der Waals surface area contributed by atoms with E-state index >= 15 is 0 Å². The largest absolute Gasteiger partial charge is 0.453 e. The molecule has 1 aromatic carbocycles. The first-order valence-electron chi connectivity index (χ1n) is 17.7. The first-order chi connectivity index (χ1) is 21.9. The summed E-state index contributed by atoms with van der Waals surface area (Å²) in [6.07, 6.45) is 22.5. The van der Waals surface area contributed by atoms with Crippen LogP contribution >= 0.6 is 0 Å². The molecule has 240 valence electrons. The number of rotatable bonds is 11. The number of ether oxygens (including phenoxy) is 2. The molecule has 9 unspecified atom stereocenters. The Balaban J connectivity index is 1.24. The third kappa shape index (κ3) is 4.19. The van der Waals surface area contributed by atoms with Gasteiger partial charge in [-0.15, -0.1) is 0 Å². The molecule has 9 atom stereocenters.